The molecule has 0 saturated carbocycles. The van der Waals surface area contributed by atoms with Crippen LogP contribution in [0.3, 0.4) is 0 Å². The lowest BCUT2D eigenvalue weighted by Crippen LogP contribution is -2.19. The molecule has 3 aromatic carbocycles. The van der Waals surface area contributed by atoms with Gasteiger partial charge in [-0.25, -0.2) is 5.43 Å². The summed E-state index contributed by atoms with van der Waals surface area (Å²) >= 11 is 0. The Morgan fingerprint density at radius 2 is 1.67 bits per heavy atom. The Morgan fingerprint density at radius 1 is 0.900 bits per heavy atom. The van der Waals surface area contributed by atoms with Crippen molar-refractivity contribution in [3.63, 3.8) is 0 Å². The summed E-state index contributed by atoms with van der Waals surface area (Å²) < 4.78 is 16.4. The van der Waals surface area contributed by atoms with E-state index in [-0.39, 0.29) is 12.3 Å². The van der Waals surface area contributed by atoms with Gasteiger partial charge < -0.3 is 14.2 Å². The maximum atomic E-state index is 12.1. The smallest absolute Gasteiger partial charge is 0.244 e. The number of hydrogen-bond donors (Lipinski definition) is 1. The largest absolute Gasteiger partial charge is 0.497 e. The van der Waals surface area contributed by atoms with Crippen LogP contribution in [0, 0.1) is 0 Å². The maximum absolute atomic E-state index is 12.1. The third kappa shape index (κ3) is 6.10. The topological polar surface area (TPSA) is 69.2 Å². The average molecular weight is 404 g/mol. The van der Waals surface area contributed by atoms with Gasteiger partial charge in [-0.2, -0.15) is 5.10 Å². The van der Waals surface area contributed by atoms with E-state index in [1.807, 2.05) is 66.7 Å². The zero-order valence-corrected chi connectivity index (χ0v) is 17.0. The van der Waals surface area contributed by atoms with E-state index in [9.17, 15) is 4.79 Å². The fourth-order valence-corrected chi connectivity index (χ4v) is 2.77. The molecule has 1 N–H and O–H groups in total. The molecular formula is C24H24N2O4. The summed E-state index contributed by atoms with van der Waals surface area (Å²) in [6, 6.07) is 22.7. The molecule has 3 rings (SSSR count). The van der Waals surface area contributed by atoms with Crippen molar-refractivity contribution in [3.8, 4) is 17.2 Å². The van der Waals surface area contributed by atoms with Crippen molar-refractivity contribution in [2.45, 2.75) is 13.0 Å². The van der Waals surface area contributed by atoms with Gasteiger partial charge in [-0.05, 0) is 47.0 Å². The molecule has 30 heavy (non-hydrogen) atoms. The number of nitrogens with zero attached hydrogens (tertiary/aromatic N) is 1. The third-order valence-corrected chi connectivity index (χ3v) is 4.35. The van der Waals surface area contributed by atoms with Gasteiger partial charge in [0.05, 0.1) is 26.9 Å². The van der Waals surface area contributed by atoms with Crippen LogP contribution in [0.4, 0.5) is 0 Å². The summed E-state index contributed by atoms with van der Waals surface area (Å²) in [6.45, 7) is 0.450. The Balaban J connectivity index is 1.54. The van der Waals surface area contributed by atoms with E-state index in [4.69, 9.17) is 14.2 Å². The van der Waals surface area contributed by atoms with E-state index < -0.39 is 0 Å². The number of rotatable bonds is 9. The standard InChI is InChI=1S/C24H24N2O4/c1-28-21-11-8-18(9-12-21)15-24(27)26-25-16-20-10-13-22(23(14-20)29-2)30-17-19-6-4-3-5-7-19/h3-14,16H,15,17H2,1-2H3,(H,26,27)/b25-16-. The molecule has 0 saturated heterocycles. The highest BCUT2D eigenvalue weighted by Crippen LogP contribution is 2.28. The van der Waals surface area contributed by atoms with Gasteiger partial charge in [0.25, 0.3) is 0 Å². The van der Waals surface area contributed by atoms with Crippen LogP contribution >= 0.6 is 0 Å². The Kier molecular flexibility index (Phi) is 7.44. The third-order valence-electron chi connectivity index (χ3n) is 4.35. The lowest BCUT2D eigenvalue weighted by Gasteiger charge is -2.11. The first-order chi connectivity index (χ1) is 14.7. The van der Waals surface area contributed by atoms with Gasteiger partial charge in [0, 0.05) is 0 Å². The fraction of sp³-hybridized carbons (Fsp3) is 0.167. The molecule has 0 bridgehead atoms. The molecule has 154 valence electrons. The van der Waals surface area contributed by atoms with Crippen molar-refractivity contribution >= 4 is 12.1 Å². The predicted molar refractivity (Wildman–Crippen MR) is 116 cm³/mol. The first-order valence-electron chi connectivity index (χ1n) is 9.47. The van der Waals surface area contributed by atoms with E-state index in [2.05, 4.69) is 10.5 Å². The summed E-state index contributed by atoms with van der Waals surface area (Å²) in [6.07, 6.45) is 1.80. The fourth-order valence-electron chi connectivity index (χ4n) is 2.77. The van der Waals surface area contributed by atoms with Crippen molar-refractivity contribution in [3.05, 3.63) is 89.5 Å². The van der Waals surface area contributed by atoms with Gasteiger partial charge in [0.2, 0.25) is 5.91 Å². The normalized spacial score (nSPS) is 10.6. The van der Waals surface area contributed by atoms with Gasteiger partial charge in [0.1, 0.15) is 12.4 Å². The molecule has 0 fully saturated rings. The molecule has 0 atom stereocenters. The SMILES string of the molecule is COc1ccc(CC(=O)N/N=C\c2ccc(OCc3ccccc3)c(OC)c2)cc1. The number of nitrogens with one attached hydrogen (secondary N) is 1. The van der Waals surface area contributed by atoms with Crippen molar-refractivity contribution in [1.82, 2.24) is 5.43 Å². The molecular weight excluding hydrogens is 380 g/mol. The van der Waals surface area contributed by atoms with Crippen molar-refractivity contribution < 1.29 is 19.0 Å². The first-order valence-corrected chi connectivity index (χ1v) is 9.47. The number of hydrazone groups is 1. The Hall–Kier alpha value is -3.80. The number of carbonyl (C=O) groups is 1. The second kappa shape index (κ2) is 10.7. The number of hydrogen-bond acceptors (Lipinski definition) is 5. The summed E-state index contributed by atoms with van der Waals surface area (Å²) in [7, 11) is 3.19. The van der Waals surface area contributed by atoms with E-state index in [1.165, 1.54) is 0 Å². The number of carbonyl (C=O) groups excluding carboxylic acids is 1. The van der Waals surface area contributed by atoms with E-state index >= 15 is 0 Å². The Labute approximate surface area is 176 Å². The molecule has 1 amide bonds. The van der Waals surface area contributed by atoms with Gasteiger partial charge >= 0.3 is 0 Å². The van der Waals surface area contributed by atoms with E-state index in [0.717, 1.165) is 22.4 Å². The van der Waals surface area contributed by atoms with Crippen LogP contribution in [0.5, 0.6) is 17.2 Å². The molecule has 0 aromatic heterocycles. The van der Waals surface area contributed by atoms with Crippen LogP contribution in [-0.2, 0) is 17.8 Å². The Bertz CT molecular complexity index is 986. The molecule has 0 aliphatic heterocycles. The van der Waals surface area contributed by atoms with Crippen LogP contribution in [0.1, 0.15) is 16.7 Å². The second-order valence-electron chi connectivity index (χ2n) is 6.50. The predicted octanol–water partition coefficient (Wildman–Crippen LogP) is 3.98. The van der Waals surface area contributed by atoms with E-state index in [0.29, 0.717) is 18.1 Å². The van der Waals surface area contributed by atoms with Crippen molar-refractivity contribution in [1.29, 1.82) is 0 Å². The maximum Gasteiger partial charge on any atom is 0.244 e. The molecule has 0 unspecified atom stereocenters. The summed E-state index contributed by atoms with van der Waals surface area (Å²) in [5.41, 5.74) is 5.27. The lowest BCUT2D eigenvalue weighted by molar-refractivity contribution is -0.120. The molecule has 6 nitrogen and oxygen atoms in total. The average Bonchev–Trinajstić information content (AvgIpc) is 2.79. The second-order valence-corrected chi connectivity index (χ2v) is 6.50. The molecule has 3 aromatic rings. The number of benzene rings is 3. The van der Waals surface area contributed by atoms with Crippen molar-refractivity contribution in [2.75, 3.05) is 14.2 Å². The summed E-state index contributed by atoms with van der Waals surface area (Å²) in [5, 5.41) is 4.02. The molecule has 6 heteroatoms. The minimum absolute atomic E-state index is 0.203. The quantitative estimate of drug-likeness (QED) is 0.433. The van der Waals surface area contributed by atoms with Gasteiger partial charge in [0.15, 0.2) is 11.5 Å². The minimum atomic E-state index is -0.203. The van der Waals surface area contributed by atoms with Gasteiger partial charge in [-0.15, -0.1) is 0 Å². The number of ether oxygens (including phenoxy) is 3. The number of amides is 1. The van der Waals surface area contributed by atoms with Gasteiger partial charge in [-0.1, -0.05) is 42.5 Å². The van der Waals surface area contributed by atoms with E-state index in [1.54, 1.807) is 26.5 Å². The first kappa shape index (κ1) is 20.9. The molecule has 0 heterocycles. The molecule has 0 spiro atoms. The summed E-state index contributed by atoms with van der Waals surface area (Å²) in [4.78, 5) is 12.1. The van der Waals surface area contributed by atoms with Crippen LogP contribution < -0.4 is 19.6 Å². The zero-order chi connectivity index (χ0) is 21.2. The Morgan fingerprint density at radius 3 is 2.37 bits per heavy atom. The monoisotopic (exact) mass is 404 g/mol. The molecule has 0 aliphatic carbocycles. The molecule has 0 aliphatic rings. The van der Waals surface area contributed by atoms with Crippen LogP contribution in [0.2, 0.25) is 0 Å². The lowest BCUT2D eigenvalue weighted by atomic mass is 10.1. The number of methoxy groups -OCH3 is 2. The highest BCUT2D eigenvalue weighted by molar-refractivity contribution is 5.84. The highest BCUT2D eigenvalue weighted by atomic mass is 16.5. The highest BCUT2D eigenvalue weighted by Gasteiger charge is 2.06. The molecule has 0 radical (unpaired) electrons. The van der Waals surface area contributed by atoms with Crippen LogP contribution in [-0.4, -0.2) is 26.3 Å². The van der Waals surface area contributed by atoms with Gasteiger partial charge in [-0.3, -0.25) is 4.79 Å². The van der Waals surface area contributed by atoms with Crippen molar-refractivity contribution in [2.24, 2.45) is 5.10 Å². The summed E-state index contributed by atoms with van der Waals surface area (Å²) in [5.74, 6) is 1.79. The zero-order valence-electron chi connectivity index (χ0n) is 17.0. The minimum Gasteiger partial charge on any atom is -0.497 e. The van der Waals surface area contributed by atoms with Crippen LogP contribution in [0.15, 0.2) is 77.9 Å². The van der Waals surface area contributed by atoms with Crippen LogP contribution in [0.25, 0.3) is 0 Å².